The first kappa shape index (κ1) is 10.8. The van der Waals surface area contributed by atoms with E-state index in [-0.39, 0.29) is 0 Å². The van der Waals surface area contributed by atoms with Gasteiger partial charge in [-0.15, -0.1) is 11.6 Å². The Morgan fingerprint density at radius 2 is 2.27 bits per heavy atom. The third-order valence-electron chi connectivity index (χ3n) is 3.02. The van der Waals surface area contributed by atoms with Gasteiger partial charge >= 0.3 is 0 Å². The summed E-state index contributed by atoms with van der Waals surface area (Å²) in [7, 11) is 0. The van der Waals surface area contributed by atoms with Crippen molar-refractivity contribution in [3.05, 3.63) is 29.3 Å². The molecule has 0 aromatic heterocycles. The normalized spacial score (nSPS) is 15.2. The lowest BCUT2D eigenvalue weighted by atomic mass is 10.00. The zero-order valence-corrected chi connectivity index (χ0v) is 10.1. The van der Waals surface area contributed by atoms with Crippen LogP contribution in [-0.4, -0.2) is 19.0 Å². The van der Waals surface area contributed by atoms with E-state index in [2.05, 4.69) is 30.0 Å². The molecule has 0 amide bonds. The van der Waals surface area contributed by atoms with Gasteiger partial charge in [0.15, 0.2) is 0 Å². The minimum absolute atomic E-state index is 0.762. The molecule has 1 heterocycles. The largest absolute Gasteiger partial charge is 0.371 e. The molecule has 1 aromatic carbocycles. The zero-order chi connectivity index (χ0) is 10.7. The molecule has 0 atom stereocenters. The molecule has 1 nitrogen and oxygen atoms in total. The summed E-state index contributed by atoms with van der Waals surface area (Å²) in [6.07, 6.45) is 3.58. The Balaban J connectivity index is 2.20. The van der Waals surface area contributed by atoms with Crippen molar-refractivity contribution in [1.29, 1.82) is 0 Å². The van der Waals surface area contributed by atoms with E-state index in [0.29, 0.717) is 0 Å². The summed E-state index contributed by atoms with van der Waals surface area (Å²) in [6.45, 7) is 4.45. The number of hydrogen-bond donors (Lipinski definition) is 0. The summed E-state index contributed by atoms with van der Waals surface area (Å²) in [4.78, 5) is 2.48. The van der Waals surface area contributed by atoms with Crippen molar-refractivity contribution in [3.63, 3.8) is 0 Å². The third-order valence-corrected chi connectivity index (χ3v) is 3.28. The van der Waals surface area contributed by atoms with E-state index < -0.39 is 0 Å². The molecule has 0 N–H and O–H groups in total. The Kier molecular flexibility index (Phi) is 3.53. The van der Waals surface area contributed by atoms with Crippen LogP contribution in [0.25, 0.3) is 0 Å². The summed E-state index contributed by atoms with van der Waals surface area (Å²) >= 11 is 5.75. The number of fused-ring (bicyclic) bond motifs is 1. The van der Waals surface area contributed by atoms with Crippen molar-refractivity contribution >= 4 is 17.3 Å². The van der Waals surface area contributed by atoms with Crippen molar-refractivity contribution in [2.75, 3.05) is 23.9 Å². The van der Waals surface area contributed by atoms with Gasteiger partial charge in [-0.1, -0.05) is 12.1 Å². The molecular weight excluding hydrogens is 206 g/mol. The second-order valence-electron chi connectivity index (χ2n) is 4.27. The van der Waals surface area contributed by atoms with Gasteiger partial charge in [0, 0.05) is 24.7 Å². The van der Waals surface area contributed by atoms with Crippen molar-refractivity contribution in [3.8, 4) is 0 Å². The van der Waals surface area contributed by atoms with Crippen LogP contribution in [-0.2, 0) is 6.42 Å². The average molecular weight is 224 g/mol. The maximum absolute atomic E-state index is 5.75. The first-order valence-electron chi connectivity index (χ1n) is 5.71. The molecule has 0 saturated heterocycles. The number of hydrogen-bond acceptors (Lipinski definition) is 1. The molecule has 1 aliphatic rings. The van der Waals surface area contributed by atoms with Crippen LogP contribution in [0, 0.1) is 6.92 Å². The Labute approximate surface area is 97.0 Å². The number of rotatable bonds is 3. The maximum Gasteiger partial charge on any atom is 0.0401 e. The SMILES string of the molecule is Cc1ccc2c(c1)N(CCCCl)CCC2. The average Bonchev–Trinajstić information content (AvgIpc) is 2.26. The highest BCUT2D eigenvalue weighted by Gasteiger charge is 2.15. The van der Waals surface area contributed by atoms with Gasteiger partial charge < -0.3 is 4.90 Å². The van der Waals surface area contributed by atoms with Crippen LogP contribution >= 0.6 is 11.6 Å². The van der Waals surface area contributed by atoms with Gasteiger partial charge in [-0.2, -0.15) is 0 Å². The van der Waals surface area contributed by atoms with E-state index in [1.807, 2.05) is 0 Å². The predicted octanol–water partition coefficient (Wildman–Crippen LogP) is 3.38. The Hall–Kier alpha value is -0.690. The van der Waals surface area contributed by atoms with Gasteiger partial charge in [0.05, 0.1) is 0 Å². The van der Waals surface area contributed by atoms with Gasteiger partial charge in [0.2, 0.25) is 0 Å². The molecule has 0 spiro atoms. The lowest BCUT2D eigenvalue weighted by Crippen LogP contribution is -2.30. The number of benzene rings is 1. The lowest BCUT2D eigenvalue weighted by Gasteiger charge is -2.31. The molecule has 15 heavy (non-hydrogen) atoms. The van der Waals surface area contributed by atoms with E-state index >= 15 is 0 Å². The van der Waals surface area contributed by atoms with Crippen LogP contribution in [0.4, 0.5) is 5.69 Å². The van der Waals surface area contributed by atoms with Crippen LogP contribution in [0.5, 0.6) is 0 Å². The fourth-order valence-corrected chi connectivity index (χ4v) is 2.36. The van der Waals surface area contributed by atoms with E-state index in [4.69, 9.17) is 11.6 Å². The number of alkyl halides is 1. The molecule has 0 fully saturated rings. The number of nitrogens with zero attached hydrogens (tertiary/aromatic N) is 1. The summed E-state index contributed by atoms with van der Waals surface area (Å²) < 4.78 is 0. The van der Waals surface area contributed by atoms with Gasteiger partial charge in [-0.3, -0.25) is 0 Å². The van der Waals surface area contributed by atoms with Gasteiger partial charge in [0.1, 0.15) is 0 Å². The van der Waals surface area contributed by atoms with Crippen LogP contribution in [0.1, 0.15) is 24.0 Å². The topological polar surface area (TPSA) is 3.24 Å². The third kappa shape index (κ3) is 2.46. The minimum Gasteiger partial charge on any atom is -0.371 e. The molecule has 0 saturated carbocycles. The van der Waals surface area contributed by atoms with E-state index in [1.54, 1.807) is 0 Å². The molecule has 0 bridgehead atoms. The molecule has 0 aliphatic carbocycles. The van der Waals surface area contributed by atoms with Crippen molar-refractivity contribution in [1.82, 2.24) is 0 Å². The van der Waals surface area contributed by atoms with Crippen LogP contribution in [0.2, 0.25) is 0 Å². The van der Waals surface area contributed by atoms with E-state index in [0.717, 1.165) is 18.8 Å². The Morgan fingerprint density at radius 3 is 3.07 bits per heavy atom. The second-order valence-corrected chi connectivity index (χ2v) is 4.64. The predicted molar refractivity (Wildman–Crippen MR) is 67.1 cm³/mol. The Bertz CT molecular complexity index is 335. The first-order chi connectivity index (χ1) is 7.31. The van der Waals surface area contributed by atoms with Gasteiger partial charge in [-0.25, -0.2) is 0 Å². The van der Waals surface area contributed by atoms with Crippen molar-refractivity contribution in [2.45, 2.75) is 26.2 Å². The quantitative estimate of drug-likeness (QED) is 0.711. The molecule has 0 radical (unpaired) electrons. The number of anilines is 1. The number of halogens is 1. The first-order valence-corrected chi connectivity index (χ1v) is 6.25. The highest BCUT2D eigenvalue weighted by atomic mass is 35.5. The standard InChI is InChI=1S/C13H18ClN/c1-11-5-6-12-4-2-8-15(9-3-7-14)13(12)10-11/h5-6,10H,2-4,7-9H2,1H3. The van der Waals surface area contributed by atoms with Gasteiger partial charge in [0.25, 0.3) is 0 Å². The molecular formula is C13H18ClN. The fourth-order valence-electron chi connectivity index (χ4n) is 2.24. The van der Waals surface area contributed by atoms with Gasteiger partial charge in [-0.05, 0) is 43.4 Å². The van der Waals surface area contributed by atoms with Crippen molar-refractivity contribution < 1.29 is 0 Å². The summed E-state index contributed by atoms with van der Waals surface area (Å²) in [5.41, 5.74) is 4.29. The summed E-state index contributed by atoms with van der Waals surface area (Å²) in [6, 6.07) is 6.80. The molecule has 1 aromatic rings. The molecule has 2 rings (SSSR count). The van der Waals surface area contributed by atoms with E-state index in [9.17, 15) is 0 Å². The molecule has 82 valence electrons. The van der Waals surface area contributed by atoms with Crippen LogP contribution in [0.3, 0.4) is 0 Å². The maximum atomic E-state index is 5.75. The summed E-state index contributed by atoms with van der Waals surface area (Å²) in [5, 5.41) is 0. The lowest BCUT2D eigenvalue weighted by molar-refractivity contribution is 0.682. The Morgan fingerprint density at radius 1 is 1.40 bits per heavy atom. The zero-order valence-electron chi connectivity index (χ0n) is 9.30. The summed E-state index contributed by atoms with van der Waals surface area (Å²) in [5.74, 6) is 0.762. The molecule has 2 heteroatoms. The highest BCUT2D eigenvalue weighted by Crippen LogP contribution is 2.28. The monoisotopic (exact) mass is 223 g/mol. The van der Waals surface area contributed by atoms with Crippen molar-refractivity contribution in [2.24, 2.45) is 0 Å². The highest BCUT2D eigenvalue weighted by molar-refractivity contribution is 6.17. The molecule has 0 unspecified atom stereocenters. The minimum atomic E-state index is 0.762. The second kappa shape index (κ2) is 4.89. The van der Waals surface area contributed by atoms with Crippen LogP contribution in [0.15, 0.2) is 18.2 Å². The molecule has 1 aliphatic heterocycles. The smallest absolute Gasteiger partial charge is 0.0401 e. The fraction of sp³-hybridized carbons (Fsp3) is 0.538. The van der Waals surface area contributed by atoms with E-state index in [1.165, 1.54) is 36.2 Å². The number of aryl methyl sites for hydroxylation is 2. The van der Waals surface area contributed by atoms with Crippen LogP contribution < -0.4 is 4.90 Å².